The van der Waals surface area contributed by atoms with Crippen LogP contribution >= 0.6 is 0 Å². The van der Waals surface area contributed by atoms with Crippen molar-refractivity contribution in [3.8, 4) is 0 Å². The lowest BCUT2D eigenvalue weighted by molar-refractivity contribution is 0.0508. The molecule has 0 aliphatic carbocycles. The molecule has 1 N–H and O–H groups in total. The first-order valence-electron chi connectivity index (χ1n) is 7.30. The minimum atomic E-state index is -0.186. The van der Waals surface area contributed by atoms with Crippen molar-refractivity contribution in [1.82, 2.24) is 4.90 Å². The lowest BCUT2D eigenvalue weighted by atomic mass is 10.0. The molecule has 2 atom stereocenters. The Balaban J connectivity index is 4.27. The average Bonchev–Trinajstić information content (AvgIpc) is 2.26. The predicted molar refractivity (Wildman–Crippen MR) is 76.2 cm³/mol. The molecular weight excluding hydrogens is 210 g/mol. The second-order valence-corrected chi connectivity index (χ2v) is 6.12. The molecule has 0 aliphatic heterocycles. The molecule has 0 aliphatic rings. The van der Waals surface area contributed by atoms with Crippen LogP contribution in [0.3, 0.4) is 0 Å². The molecule has 0 heterocycles. The molecular formula is C15H33NO. The standard InChI is InChI=1S/C15H33NO/c1-7-15(17)14(6)16(10-8-12(2)3)11-9-13(4)5/h12-15,17H,7-11H2,1-6H3. The van der Waals surface area contributed by atoms with E-state index in [-0.39, 0.29) is 12.1 Å². The van der Waals surface area contributed by atoms with Gasteiger partial charge in [-0.3, -0.25) is 4.90 Å². The van der Waals surface area contributed by atoms with E-state index in [9.17, 15) is 5.11 Å². The molecule has 0 saturated carbocycles. The van der Waals surface area contributed by atoms with E-state index in [1.165, 1.54) is 12.8 Å². The van der Waals surface area contributed by atoms with Gasteiger partial charge in [-0.1, -0.05) is 34.6 Å². The van der Waals surface area contributed by atoms with E-state index in [1.54, 1.807) is 0 Å². The zero-order chi connectivity index (χ0) is 13.4. The van der Waals surface area contributed by atoms with Gasteiger partial charge in [0.1, 0.15) is 0 Å². The minimum absolute atomic E-state index is 0.186. The molecule has 2 heteroatoms. The summed E-state index contributed by atoms with van der Waals surface area (Å²) < 4.78 is 0. The first kappa shape index (κ1) is 16.9. The highest BCUT2D eigenvalue weighted by molar-refractivity contribution is 4.75. The number of hydrogen-bond donors (Lipinski definition) is 1. The summed E-state index contributed by atoms with van der Waals surface area (Å²) >= 11 is 0. The van der Waals surface area contributed by atoms with Crippen LogP contribution in [0.25, 0.3) is 0 Å². The molecule has 0 amide bonds. The summed E-state index contributed by atoms with van der Waals surface area (Å²) in [5, 5.41) is 9.99. The maximum atomic E-state index is 9.99. The highest BCUT2D eigenvalue weighted by Gasteiger charge is 2.20. The summed E-state index contributed by atoms with van der Waals surface area (Å²) in [6.07, 6.45) is 3.10. The topological polar surface area (TPSA) is 23.5 Å². The monoisotopic (exact) mass is 243 g/mol. The Labute approximate surface area is 108 Å². The van der Waals surface area contributed by atoms with Crippen LogP contribution in [0.5, 0.6) is 0 Å². The smallest absolute Gasteiger partial charge is 0.0690 e. The maximum Gasteiger partial charge on any atom is 0.0690 e. The maximum absolute atomic E-state index is 9.99. The average molecular weight is 243 g/mol. The number of hydrogen-bond acceptors (Lipinski definition) is 2. The van der Waals surface area contributed by atoms with E-state index in [0.29, 0.717) is 0 Å². The van der Waals surface area contributed by atoms with Crippen LogP contribution in [0.2, 0.25) is 0 Å². The van der Waals surface area contributed by atoms with Crippen molar-refractivity contribution in [2.75, 3.05) is 13.1 Å². The van der Waals surface area contributed by atoms with Crippen molar-refractivity contribution in [1.29, 1.82) is 0 Å². The number of rotatable bonds is 9. The van der Waals surface area contributed by atoms with E-state index in [0.717, 1.165) is 31.3 Å². The van der Waals surface area contributed by atoms with Gasteiger partial charge in [0.25, 0.3) is 0 Å². The highest BCUT2D eigenvalue weighted by atomic mass is 16.3. The Bertz CT molecular complexity index is 168. The molecule has 0 radical (unpaired) electrons. The fraction of sp³-hybridized carbons (Fsp3) is 1.00. The summed E-state index contributed by atoms with van der Waals surface area (Å²) in [6.45, 7) is 15.5. The molecule has 0 spiro atoms. The third-order valence-corrected chi connectivity index (χ3v) is 3.54. The van der Waals surface area contributed by atoms with Gasteiger partial charge < -0.3 is 5.11 Å². The van der Waals surface area contributed by atoms with Crippen LogP contribution in [0.4, 0.5) is 0 Å². The summed E-state index contributed by atoms with van der Waals surface area (Å²) in [4.78, 5) is 2.47. The van der Waals surface area contributed by atoms with Crippen molar-refractivity contribution in [2.24, 2.45) is 11.8 Å². The third kappa shape index (κ3) is 7.77. The van der Waals surface area contributed by atoms with Crippen LogP contribution in [-0.4, -0.2) is 35.2 Å². The molecule has 0 aromatic carbocycles. The van der Waals surface area contributed by atoms with E-state index < -0.39 is 0 Å². The summed E-state index contributed by atoms with van der Waals surface area (Å²) in [5.74, 6) is 1.48. The Morgan fingerprint density at radius 2 is 1.29 bits per heavy atom. The molecule has 0 fully saturated rings. The number of aliphatic hydroxyl groups excluding tert-OH is 1. The van der Waals surface area contributed by atoms with Crippen molar-refractivity contribution in [3.63, 3.8) is 0 Å². The van der Waals surface area contributed by atoms with Gasteiger partial charge in [0.2, 0.25) is 0 Å². The van der Waals surface area contributed by atoms with Crippen LogP contribution < -0.4 is 0 Å². The fourth-order valence-corrected chi connectivity index (χ4v) is 1.95. The molecule has 2 unspecified atom stereocenters. The number of nitrogens with zero attached hydrogens (tertiary/aromatic N) is 1. The highest BCUT2D eigenvalue weighted by Crippen LogP contribution is 2.13. The molecule has 0 aromatic heterocycles. The van der Waals surface area contributed by atoms with E-state index >= 15 is 0 Å². The Hall–Kier alpha value is -0.0800. The van der Waals surface area contributed by atoms with Gasteiger partial charge in [-0.2, -0.15) is 0 Å². The normalized spacial score (nSPS) is 15.9. The summed E-state index contributed by atoms with van der Waals surface area (Å²) in [5.41, 5.74) is 0. The predicted octanol–water partition coefficient (Wildman–Crippen LogP) is 3.54. The summed E-state index contributed by atoms with van der Waals surface area (Å²) in [7, 11) is 0. The lowest BCUT2D eigenvalue weighted by Gasteiger charge is -2.33. The van der Waals surface area contributed by atoms with Gasteiger partial charge in [-0.05, 0) is 51.1 Å². The Morgan fingerprint density at radius 1 is 0.882 bits per heavy atom. The van der Waals surface area contributed by atoms with Crippen LogP contribution in [0, 0.1) is 11.8 Å². The van der Waals surface area contributed by atoms with Crippen molar-refractivity contribution >= 4 is 0 Å². The van der Waals surface area contributed by atoms with Crippen LogP contribution in [0.15, 0.2) is 0 Å². The minimum Gasteiger partial charge on any atom is -0.392 e. The largest absolute Gasteiger partial charge is 0.392 e. The number of aliphatic hydroxyl groups is 1. The van der Waals surface area contributed by atoms with E-state index in [4.69, 9.17) is 0 Å². The van der Waals surface area contributed by atoms with Gasteiger partial charge in [0.15, 0.2) is 0 Å². The Kier molecular flexibility index (Phi) is 8.89. The SMILES string of the molecule is CCC(O)C(C)N(CCC(C)C)CCC(C)C. The van der Waals surface area contributed by atoms with Gasteiger partial charge in [0, 0.05) is 6.04 Å². The van der Waals surface area contributed by atoms with Gasteiger partial charge >= 0.3 is 0 Å². The third-order valence-electron chi connectivity index (χ3n) is 3.54. The fourth-order valence-electron chi connectivity index (χ4n) is 1.95. The molecule has 0 rings (SSSR count). The molecule has 0 saturated heterocycles. The Morgan fingerprint density at radius 3 is 1.59 bits per heavy atom. The molecule has 2 nitrogen and oxygen atoms in total. The van der Waals surface area contributed by atoms with Crippen molar-refractivity contribution < 1.29 is 5.11 Å². The zero-order valence-electron chi connectivity index (χ0n) is 12.7. The van der Waals surface area contributed by atoms with E-state index in [2.05, 4.69) is 46.4 Å². The van der Waals surface area contributed by atoms with Crippen LogP contribution in [-0.2, 0) is 0 Å². The molecule has 0 aromatic rings. The van der Waals surface area contributed by atoms with Crippen molar-refractivity contribution in [2.45, 2.75) is 73.0 Å². The lowest BCUT2D eigenvalue weighted by Crippen LogP contribution is -2.43. The second-order valence-electron chi connectivity index (χ2n) is 6.12. The molecule has 17 heavy (non-hydrogen) atoms. The molecule has 0 bridgehead atoms. The van der Waals surface area contributed by atoms with Gasteiger partial charge in [-0.25, -0.2) is 0 Å². The van der Waals surface area contributed by atoms with Gasteiger partial charge in [-0.15, -0.1) is 0 Å². The summed E-state index contributed by atoms with van der Waals surface area (Å²) in [6, 6.07) is 0.289. The first-order valence-corrected chi connectivity index (χ1v) is 7.30. The van der Waals surface area contributed by atoms with E-state index in [1.807, 2.05) is 0 Å². The first-order chi connectivity index (χ1) is 7.88. The van der Waals surface area contributed by atoms with Crippen LogP contribution in [0.1, 0.15) is 60.8 Å². The molecule has 104 valence electrons. The second kappa shape index (κ2) is 8.93. The van der Waals surface area contributed by atoms with Crippen molar-refractivity contribution in [3.05, 3.63) is 0 Å². The zero-order valence-corrected chi connectivity index (χ0v) is 12.7. The quantitative estimate of drug-likeness (QED) is 0.669. The van der Waals surface area contributed by atoms with Gasteiger partial charge in [0.05, 0.1) is 6.10 Å².